The van der Waals surface area contributed by atoms with Gasteiger partial charge in [-0.05, 0) is 31.5 Å². The van der Waals surface area contributed by atoms with Crippen molar-refractivity contribution in [3.8, 4) is 0 Å². The van der Waals surface area contributed by atoms with Crippen molar-refractivity contribution in [2.45, 2.75) is 58.4 Å². The standard InChI is InChI=1S/C15H23BrFN/c1-3-4-5-6-7-8-12(2)18-15-11-13(16)9-10-14(15)17/h9-12,18H,3-8H2,1-2H3. The van der Waals surface area contributed by atoms with Crippen LogP contribution in [0.5, 0.6) is 0 Å². The predicted molar refractivity (Wildman–Crippen MR) is 80.6 cm³/mol. The topological polar surface area (TPSA) is 12.0 Å². The normalized spacial score (nSPS) is 12.4. The van der Waals surface area contributed by atoms with E-state index in [4.69, 9.17) is 0 Å². The molecule has 0 aromatic heterocycles. The summed E-state index contributed by atoms with van der Waals surface area (Å²) in [7, 11) is 0. The maximum Gasteiger partial charge on any atom is 0.146 e. The van der Waals surface area contributed by atoms with Gasteiger partial charge in [0.2, 0.25) is 0 Å². The summed E-state index contributed by atoms with van der Waals surface area (Å²) < 4.78 is 14.4. The third-order valence-electron chi connectivity index (χ3n) is 3.07. The van der Waals surface area contributed by atoms with Gasteiger partial charge in [0.25, 0.3) is 0 Å². The Balaban J connectivity index is 2.30. The molecule has 0 aliphatic heterocycles. The van der Waals surface area contributed by atoms with Crippen LogP contribution < -0.4 is 5.32 Å². The summed E-state index contributed by atoms with van der Waals surface area (Å²) >= 11 is 3.36. The molecular weight excluding hydrogens is 293 g/mol. The van der Waals surface area contributed by atoms with Crippen LogP contribution in [0.1, 0.15) is 52.4 Å². The van der Waals surface area contributed by atoms with Crippen molar-refractivity contribution in [3.05, 3.63) is 28.5 Å². The highest BCUT2D eigenvalue weighted by molar-refractivity contribution is 9.10. The summed E-state index contributed by atoms with van der Waals surface area (Å²) in [5.74, 6) is -0.184. The first-order valence-corrected chi connectivity index (χ1v) is 7.64. The van der Waals surface area contributed by atoms with E-state index in [1.807, 2.05) is 0 Å². The Morgan fingerprint density at radius 1 is 1.22 bits per heavy atom. The minimum Gasteiger partial charge on any atom is -0.380 e. The minimum atomic E-state index is -0.184. The zero-order valence-electron chi connectivity index (χ0n) is 11.3. The zero-order chi connectivity index (χ0) is 13.4. The highest BCUT2D eigenvalue weighted by Crippen LogP contribution is 2.21. The molecule has 0 fully saturated rings. The van der Waals surface area contributed by atoms with E-state index < -0.39 is 0 Å². The van der Waals surface area contributed by atoms with E-state index in [0.29, 0.717) is 11.7 Å². The van der Waals surface area contributed by atoms with Crippen LogP contribution in [0.3, 0.4) is 0 Å². The summed E-state index contributed by atoms with van der Waals surface area (Å²) in [4.78, 5) is 0. The molecule has 0 radical (unpaired) electrons. The van der Waals surface area contributed by atoms with Gasteiger partial charge in [-0.15, -0.1) is 0 Å². The molecule has 1 unspecified atom stereocenters. The second-order valence-corrected chi connectivity index (χ2v) is 5.79. The van der Waals surface area contributed by atoms with Crippen LogP contribution in [-0.4, -0.2) is 6.04 Å². The maximum absolute atomic E-state index is 13.5. The molecule has 0 heterocycles. The lowest BCUT2D eigenvalue weighted by Gasteiger charge is -2.16. The lowest BCUT2D eigenvalue weighted by atomic mass is 10.1. The lowest BCUT2D eigenvalue weighted by Crippen LogP contribution is -2.15. The van der Waals surface area contributed by atoms with E-state index in [9.17, 15) is 4.39 Å². The number of nitrogens with one attached hydrogen (secondary N) is 1. The van der Waals surface area contributed by atoms with Gasteiger partial charge in [0.05, 0.1) is 5.69 Å². The van der Waals surface area contributed by atoms with E-state index in [2.05, 4.69) is 35.1 Å². The SMILES string of the molecule is CCCCCCCC(C)Nc1cc(Br)ccc1F. The third-order valence-corrected chi connectivity index (χ3v) is 3.56. The summed E-state index contributed by atoms with van der Waals surface area (Å²) in [5.41, 5.74) is 0.588. The van der Waals surface area contributed by atoms with E-state index in [0.717, 1.165) is 10.9 Å². The number of hydrogen-bond acceptors (Lipinski definition) is 1. The number of hydrogen-bond donors (Lipinski definition) is 1. The van der Waals surface area contributed by atoms with E-state index >= 15 is 0 Å². The Bertz CT molecular complexity index is 354. The van der Waals surface area contributed by atoms with Crippen molar-refractivity contribution in [1.29, 1.82) is 0 Å². The van der Waals surface area contributed by atoms with Crippen molar-refractivity contribution < 1.29 is 4.39 Å². The van der Waals surface area contributed by atoms with Crippen LogP contribution in [0.2, 0.25) is 0 Å². The molecule has 1 nitrogen and oxygen atoms in total. The first-order chi connectivity index (χ1) is 8.63. The monoisotopic (exact) mass is 315 g/mol. The van der Waals surface area contributed by atoms with Crippen LogP contribution in [0.15, 0.2) is 22.7 Å². The Morgan fingerprint density at radius 2 is 1.94 bits per heavy atom. The molecule has 102 valence electrons. The second-order valence-electron chi connectivity index (χ2n) is 4.87. The van der Waals surface area contributed by atoms with Crippen LogP contribution >= 0.6 is 15.9 Å². The molecule has 1 aromatic rings. The van der Waals surface area contributed by atoms with E-state index in [1.165, 1.54) is 38.2 Å². The molecule has 0 amide bonds. The Kier molecular flexibility index (Phi) is 7.33. The average molecular weight is 316 g/mol. The minimum absolute atomic E-state index is 0.184. The molecule has 0 aliphatic rings. The summed E-state index contributed by atoms with van der Waals surface area (Å²) in [6, 6.07) is 5.31. The third kappa shape index (κ3) is 5.85. The van der Waals surface area contributed by atoms with Crippen LogP contribution in [0.4, 0.5) is 10.1 Å². The van der Waals surface area contributed by atoms with Gasteiger partial charge >= 0.3 is 0 Å². The Hall–Kier alpha value is -0.570. The molecule has 1 rings (SSSR count). The first-order valence-electron chi connectivity index (χ1n) is 6.85. The fourth-order valence-corrected chi connectivity index (χ4v) is 2.36. The molecule has 3 heteroatoms. The molecule has 0 saturated carbocycles. The summed E-state index contributed by atoms with van der Waals surface area (Å²) in [6.07, 6.45) is 7.49. The van der Waals surface area contributed by atoms with Gasteiger partial charge in [-0.1, -0.05) is 55.0 Å². The summed E-state index contributed by atoms with van der Waals surface area (Å²) in [5, 5.41) is 3.24. The highest BCUT2D eigenvalue weighted by atomic mass is 79.9. The Labute approximate surface area is 118 Å². The van der Waals surface area contributed by atoms with Gasteiger partial charge < -0.3 is 5.32 Å². The van der Waals surface area contributed by atoms with Crippen LogP contribution in [-0.2, 0) is 0 Å². The summed E-state index contributed by atoms with van der Waals surface area (Å²) in [6.45, 7) is 4.33. The van der Waals surface area contributed by atoms with Crippen molar-refractivity contribution in [3.63, 3.8) is 0 Å². The van der Waals surface area contributed by atoms with E-state index in [-0.39, 0.29) is 5.82 Å². The smallest absolute Gasteiger partial charge is 0.146 e. The van der Waals surface area contributed by atoms with Crippen molar-refractivity contribution >= 4 is 21.6 Å². The quantitative estimate of drug-likeness (QED) is 0.602. The molecular formula is C15H23BrFN. The lowest BCUT2D eigenvalue weighted by molar-refractivity contribution is 0.573. The van der Waals surface area contributed by atoms with Gasteiger partial charge in [0.1, 0.15) is 5.82 Å². The second kappa shape index (κ2) is 8.52. The number of rotatable bonds is 8. The molecule has 0 aliphatic carbocycles. The van der Waals surface area contributed by atoms with Crippen molar-refractivity contribution in [2.24, 2.45) is 0 Å². The molecule has 1 atom stereocenters. The maximum atomic E-state index is 13.5. The van der Waals surface area contributed by atoms with Gasteiger partial charge in [0.15, 0.2) is 0 Å². The van der Waals surface area contributed by atoms with Crippen LogP contribution in [0.25, 0.3) is 0 Å². The van der Waals surface area contributed by atoms with Crippen LogP contribution in [0, 0.1) is 5.82 Å². The number of anilines is 1. The molecule has 1 aromatic carbocycles. The molecule has 18 heavy (non-hydrogen) atoms. The van der Waals surface area contributed by atoms with Gasteiger partial charge in [-0.3, -0.25) is 0 Å². The average Bonchev–Trinajstić information content (AvgIpc) is 2.33. The van der Waals surface area contributed by atoms with Crippen molar-refractivity contribution in [1.82, 2.24) is 0 Å². The molecule has 0 spiro atoms. The molecule has 0 bridgehead atoms. The predicted octanol–water partition coefficient (Wildman–Crippen LogP) is 5.75. The molecule has 1 N–H and O–H groups in total. The number of halogens is 2. The largest absolute Gasteiger partial charge is 0.380 e. The highest BCUT2D eigenvalue weighted by Gasteiger charge is 2.06. The van der Waals surface area contributed by atoms with E-state index in [1.54, 1.807) is 12.1 Å². The van der Waals surface area contributed by atoms with Crippen molar-refractivity contribution in [2.75, 3.05) is 5.32 Å². The van der Waals surface area contributed by atoms with Gasteiger partial charge in [-0.2, -0.15) is 0 Å². The Morgan fingerprint density at radius 3 is 2.67 bits per heavy atom. The van der Waals surface area contributed by atoms with Gasteiger partial charge in [-0.25, -0.2) is 4.39 Å². The first kappa shape index (κ1) is 15.5. The fraction of sp³-hybridized carbons (Fsp3) is 0.600. The number of benzene rings is 1. The zero-order valence-corrected chi connectivity index (χ0v) is 12.9. The fourth-order valence-electron chi connectivity index (χ4n) is 2.00. The number of unbranched alkanes of at least 4 members (excludes halogenated alkanes) is 4. The van der Waals surface area contributed by atoms with Gasteiger partial charge in [0, 0.05) is 10.5 Å². The molecule has 0 saturated heterocycles.